The molecule has 1 aliphatic heterocycles. The van der Waals surface area contributed by atoms with Crippen LogP contribution >= 0.6 is 34.8 Å². The van der Waals surface area contributed by atoms with E-state index < -0.39 is 0 Å². The minimum absolute atomic E-state index is 0.452. The van der Waals surface area contributed by atoms with Crippen LogP contribution in [0.1, 0.15) is 31.5 Å². The number of aromatic nitrogens is 2. The summed E-state index contributed by atoms with van der Waals surface area (Å²) in [5, 5.41) is 4.71. The Labute approximate surface area is 161 Å². The van der Waals surface area contributed by atoms with Crippen LogP contribution < -0.4 is 21.0 Å². The number of anilines is 2. The van der Waals surface area contributed by atoms with Gasteiger partial charge in [-0.3, -0.25) is 5.43 Å². The lowest BCUT2D eigenvalue weighted by Crippen LogP contribution is -2.33. The van der Waals surface area contributed by atoms with E-state index in [0.717, 1.165) is 23.3 Å². The summed E-state index contributed by atoms with van der Waals surface area (Å²) in [5.41, 5.74) is 3.77. The fourth-order valence-electron chi connectivity index (χ4n) is 3.54. The van der Waals surface area contributed by atoms with Gasteiger partial charge in [0.15, 0.2) is 5.82 Å². The summed E-state index contributed by atoms with van der Waals surface area (Å²) in [6.07, 6.45) is 7.78. The summed E-state index contributed by atoms with van der Waals surface area (Å²) in [7, 11) is 0. The quantitative estimate of drug-likeness (QED) is 0.853. The Kier molecular flexibility index (Phi) is 4.52. The lowest BCUT2D eigenvalue weighted by Gasteiger charge is -2.22. The third-order valence-corrected chi connectivity index (χ3v) is 5.55. The van der Waals surface area contributed by atoms with E-state index in [2.05, 4.69) is 17.0 Å². The van der Waals surface area contributed by atoms with E-state index in [1.165, 1.54) is 25.7 Å². The number of nitrogens with one attached hydrogen (secondary N) is 1. The highest BCUT2D eigenvalue weighted by atomic mass is 35.5. The monoisotopic (exact) mass is 394 g/mol. The van der Waals surface area contributed by atoms with Gasteiger partial charge in [0.25, 0.3) is 0 Å². The maximum absolute atomic E-state index is 6.37. The number of hydrogen-bond donors (Lipinski definition) is 1. The van der Waals surface area contributed by atoms with E-state index in [0.29, 0.717) is 32.0 Å². The van der Waals surface area contributed by atoms with E-state index in [-0.39, 0.29) is 0 Å². The Morgan fingerprint density at radius 1 is 1.12 bits per heavy atom. The summed E-state index contributed by atoms with van der Waals surface area (Å²) in [5.74, 6) is 2.20. The number of halogens is 3. The maximum atomic E-state index is 6.37. The summed E-state index contributed by atoms with van der Waals surface area (Å²) >= 11 is 18.8. The normalized spacial score (nSPS) is 16.7. The lowest BCUT2D eigenvalue weighted by atomic mass is 10.0. The zero-order valence-electron chi connectivity index (χ0n) is 13.5. The molecule has 2 aromatic rings. The second-order valence-electron chi connectivity index (χ2n) is 6.51. The Morgan fingerprint density at radius 2 is 1.80 bits per heavy atom. The van der Waals surface area contributed by atoms with Gasteiger partial charge in [0.2, 0.25) is 0 Å². The van der Waals surface area contributed by atoms with Crippen LogP contribution in [0.2, 0.25) is 15.1 Å². The summed E-state index contributed by atoms with van der Waals surface area (Å²) < 4.78 is 0. The molecule has 1 saturated carbocycles. The molecule has 1 aliphatic carbocycles. The molecule has 0 amide bonds. The average Bonchev–Trinajstić information content (AvgIpc) is 3.17. The molecule has 2 heterocycles. The van der Waals surface area contributed by atoms with Gasteiger partial charge in [-0.05, 0) is 18.1 Å². The van der Waals surface area contributed by atoms with Crippen molar-refractivity contribution in [1.82, 2.24) is 15.4 Å². The van der Waals surface area contributed by atoms with Gasteiger partial charge in [-0.1, -0.05) is 67.1 Å². The highest BCUT2D eigenvalue weighted by molar-refractivity contribution is 6.42. The Balaban J connectivity index is 1.75. The molecule has 2 aliphatic rings. The molecule has 1 aromatic heterocycles. The molecule has 0 bridgehead atoms. The minimum Gasteiger partial charge on any atom is -0.299 e. The maximum Gasteiger partial charge on any atom is 0.165 e. The highest BCUT2D eigenvalue weighted by Crippen LogP contribution is 2.38. The topological polar surface area (TPSA) is 41.1 Å². The molecule has 4 nitrogen and oxygen atoms in total. The van der Waals surface area contributed by atoms with Gasteiger partial charge >= 0.3 is 0 Å². The number of hydrogen-bond acceptors (Lipinski definition) is 4. The number of hydrazine groups is 1. The van der Waals surface area contributed by atoms with Gasteiger partial charge in [-0.25, -0.2) is 15.0 Å². The molecule has 130 valence electrons. The molecule has 0 saturated heterocycles. The second-order valence-corrected chi connectivity index (χ2v) is 7.76. The van der Waals surface area contributed by atoms with Crippen molar-refractivity contribution in [3.8, 4) is 0 Å². The number of benzene rings is 1. The lowest BCUT2D eigenvalue weighted by molar-refractivity contribution is 0.529. The van der Waals surface area contributed by atoms with E-state index in [4.69, 9.17) is 39.8 Å². The van der Waals surface area contributed by atoms with Crippen molar-refractivity contribution in [3.05, 3.63) is 43.6 Å². The van der Waals surface area contributed by atoms with Crippen LogP contribution in [0.25, 0.3) is 12.8 Å². The molecule has 4 rings (SSSR count). The van der Waals surface area contributed by atoms with Crippen LogP contribution in [-0.4, -0.2) is 9.97 Å². The van der Waals surface area contributed by atoms with Gasteiger partial charge < -0.3 is 0 Å². The number of nitrogens with zero attached hydrogens (tertiary/aromatic N) is 3. The van der Waals surface area contributed by atoms with Crippen molar-refractivity contribution in [2.75, 3.05) is 5.01 Å². The summed E-state index contributed by atoms with van der Waals surface area (Å²) in [6.45, 7) is 4.08. The van der Waals surface area contributed by atoms with Crippen molar-refractivity contribution >= 4 is 59.1 Å². The van der Waals surface area contributed by atoms with Gasteiger partial charge in [-0.2, -0.15) is 0 Å². The second kappa shape index (κ2) is 6.67. The predicted molar refractivity (Wildman–Crippen MR) is 104 cm³/mol. The molecule has 1 N–H and O–H groups in total. The van der Waals surface area contributed by atoms with E-state index in [9.17, 15) is 0 Å². The zero-order valence-corrected chi connectivity index (χ0v) is 15.8. The van der Waals surface area contributed by atoms with Crippen molar-refractivity contribution < 1.29 is 0 Å². The molecule has 1 aromatic carbocycles. The third-order valence-electron chi connectivity index (χ3n) is 4.75. The van der Waals surface area contributed by atoms with E-state index >= 15 is 0 Å². The van der Waals surface area contributed by atoms with Gasteiger partial charge in [0.05, 0.1) is 20.6 Å². The van der Waals surface area contributed by atoms with Crippen LogP contribution in [0.4, 0.5) is 11.5 Å². The minimum atomic E-state index is 0.452. The van der Waals surface area contributed by atoms with Crippen LogP contribution in [0.15, 0.2) is 12.1 Å². The van der Waals surface area contributed by atoms with Gasteiger partial charge in [-0.15, -0.1) is 0 Å². The SMILES string of the molecule is C=c1nc(CC2CCCC2)nc2c1=CNN2c1c(Cl)cc(Cl)cc1Cl. The van der Waals surface area contributed by atoms with E-state index in [1.54, 1.807) is 17.1 Å². The van der Waals surface area contributed by atoms with Crippen molar-refractivity contribution in [1.29, 1.82) is 0 Å². The largest absolute Gasteiger partial charge is 0.299 e. The van der Waals surface area contributed by atoms with Crippen LogP contribution in [-0.2, 0) is 6.42 Å². The number of rotatable bonds is 3. The molecule has 25 heavy (non-hydrogen) atoms. The first-order chi connectivity index (χ1) is 12.0. The van der Waals surface area contributed by atoms with Crippen LogP contribution in [0.5, 0.6) is 0 Å². The Hall–Kier alpha value is -1.49. The Morgan fingerprint density at radius 3 is 2.48 bits per heavy atom. The standard InChI is InChI=1S/C18H17Cl3N4/c1-10-13-9-22-25(17-14(20)7-12(19)8-15(17)21)18(13)24-16(23-10)6-11-4-2-3-5-11/h7-9,11,22H,1-6H2. The van der Waals surface area contributed by atoms with Crippen LogP contribution in [0.3, 0.4) is 0 Å². The molecule has 1 fully saturated rings. The van der Waals surface area contributed by atoms with Crippen LogP contribution in [0, 0.1) is 5.92 Å². The molecular formula is C18H17Cl3N4. The molecule has 0 spiro atoms. The fraction of sp³-hybridized carbons (Fsp3) is 0.333. The highest BCUT2D eigenvalue weighted by Gasteiger charge is 2.24. The third kappa shape index (κ3) is 3.19. The fourth-order valence-corrected chi connectivity index (χ4v) is 4.53. The molecule has 7 heteroatoms. The first-order valence-electron chi connectivity index (χ1n) is 8.30. The summed E-state index contributed by atoms with van der Waals surface area (Å²) in [6, 6.07) is 3.32. The molecular weight excluding hydrogens is 379 g/mol. The van der Waals surface area contributed by atoms with E-state index in [1.807, 2.05) is 6.20 Å². The Bertz CT molecular complexity index is 915. The van der Waals surface area contributed by atoms with Gasteiger partial charge in [0.1, 0.15) is 11.5 Å². The average molecular weight is 396 g/mol. The summed E-state index contributed by atoms with van der Waals surface area (Å²) in [4.78, 5) is 9.36. The predicted octanol–water partition coefficient (Wildman–Crippen LogP) is 3.97. The smallest absolute Gasteiger partial charge is 0.165 e. The molecule has 0 radical (unpaired) electrons. The molecule has 0 atom stereocenters. The van der Waals surface area contributed by atoms with Gasteiger partial charge in [0, 0.05) is 17.6 Å². The van der Waals surface area contributed by atoms with Crippen molar-refractivity contribution in [3.63, 3.8) is 0 Å². The first-order valence-corrected chi connectivity index (χ1v) is 9.43. The zero-order chi connectivity index (χ0) is 17.6. The number of fused-ring (bicyclic) bond motifs is 1. The molecule has 0 unspecified atom stereocenters. The van der Waals surface area contributed by atoms with Crippen molar-refractivity contribution in [2.45, 2.75) is 32.1 Å². The van der Waals surface area contributed by atoms with Crippen molar-refractivity contribution in [2.24, 2.45) is 5.92 Å². The first kappa shape index (κ1) is 17.0.